The van der Waals surface area contributed by atoms with Crippen LogP contribution in [0.5, 0.6) is 0 Å². The Kier molecular flexibility index (Phi) is 4.98. The summed E-state index contributed by atoms with van der Waals surface area (Å²) < 4.78 is 6.03. The molecule has 0 radical (unpaired) electrons. The van der Waals surface area contributed by atoms with Crippen molar-refractivity contribution in [3.05, 3.63) is 31.9 Å². The summed E-state index contributed by atoms with van der Waals surface area (Å²) in [4.78, 5) is 12.6. The lowest BCUT2D eigenvalue weighted by molar-refractivity contribution is -0.385. The maximum atomic E-state index is 10.8. The number of hydrogen-bond acceptors (Lipinski definition) is 4. The molecule has 104 valence electrons. The number of ether oxygens (including phenoxy) is 1. The van der Waals surface area contributed by atoms with Crippen molar-refractivity contribution in [2.24, 2.45) is 5.92 Å². The van der Waals surface area contributed by atoms with Crippen LogP contribution in [0.3, 0.4) is 0 Å². The van der Waals surface area contributed by atoms with Crippen molar-refractivity contribution in [1.29, 1.82) is 0 Å². The Labute approximate surface area is 126 Å². The van der Waals surface area contributed by atoms with E-state index in [4.69, 9.17) is 4.74 Å². The largest absolute Gasteiger partial charge is 0.381 e. The summed E-state index contributed by atoms with van der Waals surface area (Å²) in [6.45, 7) is 2.66. The van der Waals surface area contributed by atoms with Gasteiger partial charge in [-0.05, 0) is 53.5 Å². The molecule has 0 N–H and O–H groups in total. The molecule has 0 unspecified atom stereocenters. The van der Waals surface area contributed by atoms with Gasteiger partial charge in [-0.25, -0.2) is 0 Å². The second-order valence-electron chi connectivity index (χ2n) is 4.83. The number of hydrogen-bond donors (Lipinski definition) is 0. The molecular formula is C13H17IN2O3. The Morgan fingerprint density at radius 2 is 2.16 bits per heavy atom. The predicted octanol–water partition coefficient (Wildman–Crippen LogP) is 3.06. The summed E-state index contributed by atoms with van der Waals surface area (Å²) in [6.07, 6.45) is 2.18. The maximum Gasteiger partial charge on any atom is 0.282 e. The van der Waals surface area contributed by atoms with Gasteiger partial charge in [-0.15, -0.1) is 0 Å². The lowest BCUT2D eigenvalue weighted by Crippen LogP contribution is -2.29. The molecule has 1 aliphatic heterocycles. The third-order valence-corrected chi connectivity index (χ3v) is 4.31. The second kappa shape index (κ2) is 6.51. The van der Waals surface area contributed by atoms with Gasteiger partial charge in [-0.2, -0.15) is 0 Å². The van der Waals surface area contributed by atoms with Crippen LogP contribution < -0.4 is 4.90 Å². The fraction of sp³-hybridized carbons (Fsp3) is 0.538. The summed E-state index contributed by atoms with van der Waals surface area (Å²) in [6, 6.07) is 5.27. The monoisotopic (exact) mass is 376 g/mol. The second-order valence-corrected chi connectivity index (χ2v) is 5.99. The molecule has 0 amide bonds. The van der Waals surface area contributed by atoms with Gasteiger partial charge in [-0.1, -0.05) is 0 Å². The van der Waals surface area contributed by atoms with Gasteiger partial charge >= 0.3 is 0 Å². The molecule has 1 aliphatic rings. The van der Waals surface area contributed by atoms with Crippen LogP contribution in [0.25, 0.3) is 0 Å². The lowest BCUT2D eigenvalue weighted by atomic mass is 10.00. The number of nitro benzene ring substituents is 1. The van der Waals surface area contributed by atoms with Crippen LogP contribution in [-0.4, -0.2) is 31.7 Å². The average Bonchev–Trinajstić information content (AvgIpc) is 2.39. The van der Waals surface area contributed by atoms with Crippen LogP contribution >= 0.6 is 22.6 Å². The molecule has 1 aromatic carbocycles. The first-order valence-corrected chi connectivity index (χ1v) is 7.38. The van der Waals surface area contributed by atoms with E-state index in [2.05, 4.69) is 4.90 Å². The number of halogens is 1. The van der Waals surface area contributed by atoms with E-state index >= 15 is 0 Å². The SMILES string of the molecule is CN(CC1CCOCC1)c1ccc([N+](=O)[O-])c(I)c1. The molecule has 19 heavy (non-hydrogen) atoms. The van der Waals surface area contributed by atoms with Crippen molar-refractivity contribution < 1.29 is 9.66 Å². The van der Waals surface area contributed by atoms with Crippen molar-refractivity contribution in [2.45, 2.75) is 12.8 Å². The minimum atomic E-state index is -0.343. The Morgan fingerprint density at radius 3 is 2.74 bits per heavy atom. The molecule has 1 saturated heterocycles. The molecule has 0 spiro atoms. The molecule has 2 rings (SSSR count). The highest BCUT2D eigenvalue weighted by Crippen LogP contribution is 2.27. The first-order chi connectivity index (χ1) is 9.08. The molecule has 1 heterocycles. The molecule has 1 aromatic rings. The standard InChI is InChI=1S/C13H17IN2O3/c1-15(9-10-4-6-19-7-5-10)11-2-3-13(16(17)18)12(14)8-11/h2-3,8,10H,4-7,9H2,1H3. The Morgan fingerprint density at radius 1 is 1.47 bits per heavy atom. The highest BCUT2D eigenvalue weighted by molar-refractivity contribution is 14.1. The van der Waals surface area contributed by atoms with Crippen molar-refractivity contribution in [3.8, 4) is 0 Å². The van der Waals surface area contributed by atoms with E-state index in [-0.39, 0.29) is 10.6 Å². The fourth-order valence-corrected chi connectivity index (χ4v) is 3.00. The Balaban J connectivity index is 2.04. The van der Waals surface area contributed by atoms with E-state index in [0.717, 1.165) is 38.3 Å². The Hall–Kier alpha value is -0.890. The average molecular weight is 376 g/mol. The molecule has 0 aromatic heterocycles. The molecular weight excluding hydrogens is 359 g/mol. The van der Waals surface area contributed by atoms with Crippen LogP contribution in [0.4, 0.5) is 11.4 Å². The van der Waals surface area contributed by atoms with E-state index in [1.165, 1.54) is 0 Å². The summed E-state index contributed by atoms with van der Waals surface area (Å²) in [7, 11) is 2.03. The van der Waals surface area contributed by atoms with Crippen LogP contribution in [0.2, 0.25) is 0 Å². The zero-order valence-electron chi connectivity index (χ0n) is 10.8. The number of nitrogens with zero attached hydrogens (tertiary/aromatic N) is 2. The third-order valence-electron chi connectivity index (χ3n) is 3.44. The van der Waals surface area contributed by atoms with Gasteiger partial charge in [0.1, 0.15) is 0 Å². The van der Waals surface area contributed by atoms with Crippen LogP contribution in [-0.2, 0) is 4.74 Å². The first kappa shape index (κ1) is 14.5. The Bertz CT molecular complexity index is 461. The molecule has 0 saturated carbocycles. The third kappa shape index (κ3) is 3.79. The number of anilines is 1. The highest BCUT2D eigenvalue weighted by Gasteiger charge is 2.18. The van der Waals surface area contributed by atoms with Crippen LogP contribution in [0.15, 0.2) is 18.2 Å². The van der Waals surface area contributed by atoms with Gasteiger partial charge in [0.2, 0.25) is 0 Å². The van der Waals surface area contributed by atoms with E-state index in [9.17, 15) is 10.1 Å². The van der Waals surface area contributed by atoms with Gasteiger partial charge in [-0.3, -0.25) is 10.1 Å². The molecule has 0 atom stereocenters. The normalized spacial score (nSPS) is 16.3. The lowest BCUT2D eigenvalue weighted by Gasteiger charge is -2.28. The molecule has 5 nitrogen and oxygen atoms in total. The van der Waals surface area contributed by atoms with Crippen LogP contribution in [0, 0.1) is 19.6 Å². The fourth-order valence-electron chi connectivity index (χ4n) is 2.30. The van der Waals surface area contributed by atoms with Gasteiger partial charge in [0.15, 0.2) is 0 Å². The quantitative estimate of drug-likeness (QED) is 0.461. The molecule has 0 bridgehead atoms. The van der Waals surface area contributed by atoms with Crippen molar-refractivity contribution in [3.63, 3.8) is 0 Å². The van der Waals surface area contributed by atoms with Gasteiger partial charge in [0.25, 0.3) is 5.69 Å². The highest BCUT2D eigenvalue weighted by atomic mass is 127. The van der Waals surface area contributed by atoms with Crippen molar-refractivity contribution in [2.75, 3.05) is 31.7 Å². The van der Waals surface area contributed by atoms with Crippen LogP contribution in [0.1, 0.15) is 12.8 Å². The van der Waals surface area contributed by atoms with E-state index < -0.39 is 0 Å². The number of benzene rings is 1. The zero-order chi connectivity index (χ0) is 13.8. The minimum Gasteiger partial charge on any atom is -0.381 e. The number of nitro groups is 1. The molecule has 1 fully saturated rings. The minimum absolute atomic E-state index is 0.170. The molecule has 0 aliphatic carbocycles. The maximum absolute atomic E-state index is 10.8. The van der Waals surface area contributed by atoms with Gasteiger partial charge in [0, 0.05) is 38.6 Å². The van der Waals surface area contributed by atoms with Gasteiger partial charge in [0.05, 0.1) is 8.49 Å². The summed E-state index contributed by atoms with van der Waals surface area (Å²) in [5.41, 5.74) is 1.20. The van der Waals surface area contributed by atoms with Crippen molar-refractivity contribution in [1.82, 2.24) is 0 Å². The predicted molar refractivity (Wildman–Crippen MR) is 82.6 cm³/mol. The van der Waals surface area contributed by atoms with Crippen molar-refractivity contribution >= 4 is 34.0 Å². The van der Waals surface area contributed by atoms with E-state index in [1.54, 1.807) is 6.07 Å². The van der Waals surface area contributed by atoms with E-state index in [1.807, 2.05) is 41.8 Å². The summed E-state index contributed by atoms with van der Waals surface area (Å²) in [5.74, 6) is 0.645. The van der Waals surface area contributed by atoms with E-state index in [0.29, 0.717) is 9.49 Å². The summed E-state index contributed by atoms with van der Waals surface area (Å²) >= 11 is 2.02. The summed E-state index contributed by atoms with van der Waals surface area (Å²) in [5, 5.41) is 10.8. The topological polar surface area (TPSA) is 55.6 Å². The molecule has 6 heteroatoms. The zero-order valence-corrected chi connectivity index (χ0v) is 13.0. The number of rotatable bonds is 4. The first-order valence-electron chi connectivity index (χ1n) is 6.30. The van der Waals surface area contributed by atoms with Gasteiger partial charge < -0.3 is 9.64 Å². The smallest absolute Gasteiger partial charge is 0.282 e.